The van der Waals surface area contributed by atoms with Crippen LogP contribution in [0.3, 0.4) is 0 Å². The van der Waals surface area contributed by atoms with Crippen molar-refractivity contribution in [2.75, 3.05) is 5.32 Å². The van der Waals surface area contributed by atoms with Gasteiger partial charge in [0.1, 0.15) is 12.6 Å². The smallest absolute Gasteiger partial charge is 0.269 e. The number of para-hydroxylation sites is 1. The number of carbonyl (C=O) groups excluding carboxylic acids is 3. The fourth-order valence-corrected chi connectivity index (χ4v) is 5.19. The molecule has 0 spiro atoms. The van der Waals surface area contributed by atoms with Crippen LogP contribution in [0, 0.1) is 5.92 Å². The number of likely N-dealkylation sites (tertiary alicyclic amines) is 1. The number of anilines is 1. The topological polar surface area (TPSA) is 123 Å². The Morgan fingerprint density at radius 2 is 2.00 bits per heavy atom. The number of nitrogens with two attached hydrogens (primary N) is 1. The van der Waals surface area contributed by atoms with Gasteiger partial charge in [0.15, 0.2) is 5.69 Å². The van der Waals surface area contributed by atoms with E-state index >= 15 is 0 Å². The fourth-order valence-electron chi connectivity index (χ4n) is 5.02. The molecule has 164 valence electrons. The molecule has 1 aromatic carbocycles. The first-order valence-corrected chi connectivity index (χ1v) is 10.8. The van der Waals surface area contributed by atoms with Crippen molar-refractivity contribution in [2.45, 2.75) is 37.9 Å². The Morgan fingerprint density at radius 3 is 2.78 bits per heavy atom. The Balaban J connectivity index is 1.41. The van der Waals surface area contributed by atoms with Crippen LogP contribution in [0.5, 0.6) is 0 Å². The molecule has 3 atom stereocenters. The molecule has 1 saturated heterocycles. The highest BCUT2D eigenvalue weighted by molar-refractivity contribution is 6.30. The third-order valence-electron chi connectivity index (χ3n) is 6.29. The highest BCUT2D eigenvalue weighted by Crippen LogP contribution is 2.43. The summed E-state index contributed by atoms with van der Waals surface area (Å²) < 4.78 is 1.49. The summed E-state index contributed by atoms with van der Waals surface area (Å²) in [7, 11) is 0. The molecule has 5 rings (SSSR count). The highest BCUT2D eigenvalue weighted by atomic mass is 35.5. The highest BCUT2D eigenvalue weighted by Gasteiger charge is 2.51. The number of amides is 3. The SMILES string of the molecule is NC(=O)c1nn(CC(=O)N2C(C(=O)Nc3cncc(Cl)c3)[C@H]3CC[C@@H]2C3)c2ccccc12. The Labute approximate surface area is 188 Å². The quantitative estimate of drug-likeness (QED) is 0.614. The molecular weight excluding hydrogens is 432 g/mol. The van der Waals surface area contributed by atoms with E-state index in [1.165, 1.54) is 17.1 Å². The molecule has 1 saturated carbocycles. The van der Waals surface area contributed by atoms with Gasteiger partial charge >= 0.3 is 0 Å². The second-order valence-electron chi connectivity index (χ2n) is 8.24. The lowest BCUT2D eigenvalue weighted by Crippen LogP contribution is -2.52. The summed E-state index contributed by atoms with van der Waals surface area (Å²) in [5.74, 6) is -1.02. The summed E-state index contributed by atoms with van der Waals surface area (Å²) in [5.41, 5.74) is 6.72. The minimum absolute atomic E-state index is 0.0122. The van der Waals surface area contributed by atoms with Crippen molar-refractivity contribution in [3.63, 3.8) is 0 Å². The Bertz CT molecular complexity index is 1240. The van der Waals surface area contributed by atoms with E-state index in [1.54, 1.807) is 29.2 Å². The maximum Gasteiger partial charge on any atom is 0.269 e. The summed E-state index contributed by atoms with van der Waals surface area (Å²) in [6.07, 6.45) is 5.57. The molecular formula is C22H21ClN6O3. The second kappa shape index (κ2) is 7.90. The molecule has 3 aromatic rings. The first-order valence-electron chi connectivity index (χ1n) is 10.4. The maximum atomic E-state index is 13.4. The standard InChI is InChI=1S/C22H21ClN6O3/c23-13-8-14(10-25-9-13)26-22(32)20-12-5-6-15(7-12)29(20)18(30)11-28-17-4-2-1-3-16(17)19(27-28)21(24)31/h1-4,8-10,12,15,20H,5-7,11H2,(H2,24,31)(H,26,32)/t12-,15+,20?/m0/s1. The van der Waals surface area contributed by atoms with Crippen LogP contribution < -0.4 is 11.1 Å². The van der Waals surface area contributed by atoms with E-state index in [9.17, 15) is 14.4 Å². The third-order valence-corrected chi connectivity index (χ3v) is 6.50. The van der Waals surface area contributed by atoms with Gasteiger partial charge < -0.3 is 16.0 Å². The molecule has 2 aliphatic rings. The molecule has 2 aromatic heterocycles. The van der Waals surface area contributed by atoms with Crippen LogP contribution in [0.2, 0.25) is 5.02 Å². The molecule has 1 aliphatic heterocycles. The van der Waals surface area contributed by atoms with Crippen molar-refractivity contribution in [1.29, 1.82) is 0 Å². The molecule has 2 fully saturated rings. The number of hydrogen-bond acceptors (Lipinski definition) is 5. The number of hydrogen-bond donors (Lipinski definition) is 2. The Hall–Kier alpha value is -3.46. The van der Waals surface area contributed by atoms with Crippen molar-refractivity contribution < 1.29 is 14.4 Å². The predicted octanol–water partition coefficient (Wildman–Crippen LogP) is 2.20. The lowest BCUT2D eigenvalue weighted by molar-refractivity contribution is -0.141. The molecule has 0 radical (unpaired) electrons. The number of halogens is 1. The van der Waals surface area contributed by atoms with Crippen LogP contribution in [-0.2, 0) is 16.1 Å². The summed E-state index contributed by atoms with van der Waals surface area (Å²) in [4.78, 5) is 44.0. The fraction of sp³-hybridized carbons (Fsp3) is 0.318. The zero-order valence-corrected chi connectivity index (χ0v) is 17.8. The van der Waals surface area contributed by atoms with Crippen molar-refractivity contribution in [3.05, 3.63) is 53.4 Å². The maximum absolute atomic E-state index is 13.4. The number of aromatic nitrogens is 3. The number of nitrogens with one attached hydrogen (secondary N) is 1. The van der Waals surface area contributed by atoms with Crippen LogP contribution in [0.4, 0.5) is 5.69 Å². The van der Waals surface area contributed by atoms with Crippen molar-refractivity contribution >= 4 is 45.9 Å². The summed E-state index contributed by atoms with van der Waals surface area (Å²) in [5, 5.41) is 8.14. The van der Waals surface area contributed by atoms with Crippen LogP contribution in [0.1, 0.15) is 29.8 Å². The third kappa shape index (κ3) is 3.48. The number of benzene rings is 1. The van der Waals surface area contributed by atoms with Gasteiger partial charge in [-0.05, 0) is 37.3 Å². The van der Waals surface area contributed by atoms with Gasteiger partial charge in [-0.15, -0.1) is 0 Å². The molecule has 32 heavy (non-hydrogen) atoms. The molecule has 3 heterocycles. The van der Waals surface area contributed by atoms with Crippen LogP contribution in [-0.4, -0.2) is 49.5 Å². The van der Waals surface area contributed by atoms with Gasteiger partial charge in [-0.1, -0.05) is 29.8 Å². The van der Waals surface area contributed by atoms with E-state index in [4.69, 9.17) is 17.3 Å². The van der Waals surface area contributed by atoms with Gasteiger partial charge in [-0.25, -0.2) is 0 Å². The lowest BCUT2D eigenvalue weighted by atomic mass is 9.97. The predicted molar refractivity (Wildman–Crippen MR) is 118 cm³/mol. The number of pyridine rings is 1. The van der Waals surface area contributed by atoms with E-state index in [2.05, 4.69) is 15.4 Å². The molecule has 1 unspecified atom stereocenters. The van der Waals surface area contributed by atoms with E-state index in [-0.39, 0.29) is 36.0 Å². The molecule has 2 bridgehead atoms. The summed E-state index contributed by atoms with van der Waals surface area (Å²) in [6.45, 7) is -0.0838. The summed E-state index contributed by atoms with van der Waals surface area (Å²) in [6, 6.07) is 8.18. The van der Waals surface area contributed by atoms with Crippen molar-refractivity contribution in [3.8, 4) is 0 Å². The first-order chi connectivity index (χ1) is 15.4. The van der Waals surface area contributed by atoms with Crippen molar-refractivity contribution in [1.82, 2.24) is 19.7 Å². The Kier molecular flexibility index (Phi) is 5.05. The number of rotatable bonds is 5. The van der Waals surface area contributed by atoms with Gasteiger partial charge in [0.2, 0.25) is 11.8 Å². The lowest BCUT2D eigenvalue weighted by Gasteiger charge is -2.34. The average Bonchev–Trinajstić information content (AvgIpc) is 3.47. The van der Waals surface area contributed by atoms with E-state index in [0.29, 0.717) is 21.6 Å². The van der Waals surface area contributed by atoms with Crippen molar-refractivity contribution in [2.24, 2.45) is 11.7 Å². The minimum Gasteiger partial charge on any atom is -0.364 e. The van der Waals surface area contributed by atoms with Gasteiger partial charge in [0, 0.05) is 17.6 Å². The van der Waals surface area contributed by atoms with E-state index in [1.807, 2.05) is 6.07 Å². The van der Waals surface area contributed by atoms with Gasteiger partial charge in [0.25, 0.3) is 5.91 Å². The van der Waals surface area contributed by atoms with Gasteiger partial charge in [-0.3, -0.25) is 24.0 Å². The molecule has 9 nitrogen and oxygen atoms in total. The first kappa shape index (κ1) is 20.4. The van der Waals surface area contributed by atoms with Crippen LogP contribution >= 0.6 is 11.6 Å². The zero-order valence-electron chi connectivity index (χ0n) is 17.1. The van der Waals surface area contributed by atoms with E-state index < -0.39 is 11.9 Å². The van der Waals surface area contributed by atoms with Crippen LogP contribution in [0.25, 0.3) is 10.9 Å². The molecule has 3 amide bonds. The van der Waals surface area contributed by atoms with Gasteiger partial charge in [-0.2, -0.15) is 5.10 Å². The minimum atomic E-state index is -0.653. The zero-order chi connectivity index (χ0) is 22.4. The number of primary amides is 1. The van der Waals surface area contributed by atoms with E-state index in [0.717, 1.165) is 19.3 Å². The second-order valence-corrected chi connectivity index (χ2v) is 8.68. The normalized spacial score (nSPS) is 21.8. The average molecular weight is 453 g/mol. The number of piperidine rings is 1. The molecule has 10 heteroatoms. The van der Waals surface area contributed by atoms with Gasteiger partial charge in [0.05, 0.1) is 22.4 Å². The molecule has 3 N–H and O–H groups in total. The summed E-state index contributed by atoms with van der Waals surface area (Å²) >= 11 is 5.97. The number of carbonyl (C=O) groups is 3. The Morgan fingerprint density at radius 1 is 1.19 bits per heavy atom. The number of nitrogens with zero attached hydrogens (tertiary/aromatic N) is 4. The monoisotopic (exact) mass is 452 g/mol. The number of fused-ring (bicyclic) bond motifs is 3. The largest absolute Gasteiger partial charge is 0.364 e. The van der Waals surface area contributed by atoms with Crippen LogP contribution in [0.15, 0.2) is 42.7 Å². The molecule has 1 aliphatic carbocycles.